The molecule has 0 saturated carbocycles. The Morgan fingerprint density at radius 1 is 0.412 bits per heavy atom. The normalized spacial score (nSPS) is 14.0. The highest BCUT2D eigenvalue weighted by Crippen LogP contribution is 2.20. The van der Waals surface area contributed by atoms with Crippen LogP contribution < -0.4 is 0 Å². The Hall–Kier alpha value is 0.628. The van der Waals surface area contributed by atoms with E-state index in [1.807, 2.05) is 0 Å². The fourth-order valence-electron chi connectivity index (χ4n) is 4.72. The van der Waals surface area contributed by atoms with Crippen LogP contribution >= 0.6 is 0 Å². The number of hydrogen-bond donors (Lipinski definition) is 0. The third-order valence-corrected chi connectivity index (χ3v) is 16.8. The maximum absolute atomic E-state index is 5.36. The SMILES string of the molecule is COC(OC)[SiH2]CCCCC[SiH](CCCCC[SiH2]C(OC)OC)CCCCC[SiH2]C(OC)OC. The van der Waals surface area contributed by atoms with E-state index in [-0.39, 0.29) is 46.3 Å². The van der Waals surface area contributed by atoms with Crippen LogP contribution in [0.1, 0.15) is 57.8 Å². The third-order valence-electron chi connectivity index (χ3n) is 6.98. The van der Waals surface area contributed by atoms with Crippen LogP contribution in [-0.2, 0) is 28.4 Å². The molecule has 0 spiro atoms. The van der Waals surface area contributed by atoms with Crippen molar-refractivity contribution < 1.29 is 28.4 Å². The molecule has 0 rings (SSSR count). The maximum atomic E-state index is 5.36. The molecular weight excluding hydrogens is 497 g/mol. The molecule has 0 aromatic rings. The van der Waals surface area contributed by atoms with Crippen LogP contribution in [0.3, 0.4) is 0 Å². The fraction of sp³-hybridized carbons (Fsp3) is 1.00. The van der Waals surface area contributed by atoms with E-state index in [0.717, 1.165) is 0 Å². The highest BCUT2D eigenvalue weighted by Gasteiger charge is 2.12. The van der Waals surface area contributed by atoms with Crippen LogP contribution in [0.2, 0.25) is 36.3 Å². The Morgan fingerprint density at radius 2 is 0.676 bits per heavy atom. The summed E-state index contributed by atoms with van der Waals surface area (Å²) in [4.78, 5) is 0. The maximum Gasteiger partial charge on any atom is 0.134 e. The minimum Gasteiger partial charge on any atom is -0.360 e. The molecule has 0 radical (unpaired) electrons. The summed E-state index contributed by atoms with van der Waals surface area (Å²) >= 11 is 0. The van der Waals surface area contributed by atoms with Gasteiger partial charge in [-0.15, -0.1) is 0 Å². The van der Waals surface area contributed by atoms with Crippen molar-refractivity contribution in [2.24, 2.45) is 0 Å². The van der Waals surface area contributed by atoms with E-state index >= 15 is 0 Å². The van der Waals surface area contributed by atoms with E-state index in [1.54, 1.807) is 60.8 Å². The van der Waals surface area contributed by atoms with Crippen LogP contribution in [-0.4, -0.2) is 97.8 Å². The fourth-order valence-corrected chi connectivity index (χ4v) is 12.5. The van der Waals surface area contributed by atoms with Crippen LogP contribution in [0.4, 0.5) is 0 Å². The Kier molecular flexibility index (Phi) is 27.2. The van der Waals surface area contributed by atoms with Gasteiger partial charge in [0.05, 0.1) is 28.6 Å². The Labute approximate surface area is 220 Å². The molecule has 0 heterocycles. The highest BCUT2D eigenvalue weighted by atomic mass is 28.3. The van der Waals surface area contributed by atoms with Crippen molar-refractivity contribution in [1.82, 2.24) is 0 Å². The summed E-state index contributed by atoms with van der Waals surface area (Å²) < 4.78 is 32.2. The summed E-state index contributed by atoms with van der Waals surface area (Å²) in [5.74, 6) is 0.332. The van der Waals surface area contributed by atoms with Gasteiger partial charge in [-0.05, 0) is 0 Å². The van der Waals surface area contributed by atoms with E-state index in [2.05, 4.69) is 0 Å². The van der Waals surface area contributed by atoms with Gasteiger partial charge in [0.2, 0.25) is 0 Å². The average molecular weight is 555 g/mol. The molecule has 0 unspecified atom stereocenters. The molecule has 206 valence electrons. The van der Waals surface area contributed by atoms with Crippen LogP contribution in [0.5, 0.6) is 0 Å². The third kappa shape index (κ3) is 20.8. The molecule has 0 saturated heterocycles. The van der Waals surface area contributed by atoms with Gasteiger partial charge >= 0.3 is 0 Å². The van der Waals surface area contributed by atoms with Gasteiger partial charge in [-0.2, -0.15) is 0 Å². The molecule has 0 bridgehead atoms. The molecule has 0 aromatic heterocycles. The summed E-state index contributed by atoms with van der Waals surface area (Å²) in [6.07, 6.45) is 12.6. The molecule has 0 aliphatic heterocycles. The molecule has 0 amide bonds. The number of rotatable bonds is 27. The molecule has 0 N–H and O–H groups in total. The topological polar surface area (TPSA) is 55.4 Å². The molecule has 0 atom stereocenters. The first-order chi connectivity index (χ1) is 16.6. The number of hydrogen-bond acceptors (Lipinski definition) is 6. The molecule has 0 aliphatic rings. The van der Waals surface area contributed by atoms with Gasteiger partial charge in [0.25, 0.3) is 0 Å². The number of unbranched alkanes of at least 4 members (excludes halogenated alkanes) is 6. The van der Waals surface area contributed by atoms with Crippen molar-refractivity contribution in [3.8, 4) is 0 Å². The molecule has 0 aliphatic carbocycles. The average Bonchev–Trinajstić information content (AvgIpc) is 2.87. The van der Waals surface area contributed by atoms with Gasteiger partial charge < -0.3 is 28.4 Å². The quantitative estimate of drug-likeness (QED) is 0.0883. The highest BCUT2D eigenvalue weighted by molar-refractivity contribution is 6.58. The standard InChI is InChI=1S/C24H58O6Si4/c1-25-22(26-2)31-16-10-7-13-19-34(20-14-8-11-17-32-23(27-3)28-4)21-15-9-12-18-33-24(29-5)30-6/h22-24,34H,7-21,31-33H2,1-6H3. The smallest absolute Gasteiger partial charge is 0.134 e. The van der Waals surface area contributed by atoms with Gasteiger partial charge in [-0.3, -0.25) is 0 Å². The summed E-state index contributed by atoms with van der Waals surface area (Å²) in [7, 11) is 9.26. The van der Waals surface area contributed by atoms with Gasteiger partial charge in [-0.1, -0.05) is 94.1 Å². The van der Waals surface area contributed by atoms with Gasteiger partial charge in [0.15, 0.2) is 0 Å². The Balaban J connectivity index is 4.10. The van der Waals surface area contributed by atoms with Gasteiger partial charge in [0.1, 0.15) is 17.7 Å². The van der Waals surface area contributed by atoms with Gasteiger partial charge in [0, 0.05) is 51.5 Å². The zero-order valence-electron chi connectivity index (χ0n) is 23.5. The monoisotopic (exact) mass is 554 g/mol. The lowest BCUT2D eigenvalue weighted by Gasteiger charge is -2.17. The van der Waals surface area contributed by atoms with Crippen molar-refractivity contribution in [2.45, 2.75) is 112 Å². The van der Waals surface area contributed by atoms with Crippen LogP contribution in [0, 0.1) is 0 Å². The summed E-state index contributed by atoms with van der Waals surface area (Å²) in [6.45, 7) is 0. The zero-order chi connectivity index (χ0) is 25.3. The van der Waals surface area contributed by atoms with Crippen molar-refractivity contribution in [2.75, 3.05) is 42.7 Å². The largest absolute Gasteiger partial charge is 0.360 e. The molecule has 0 fully saturated rings. The van der Waals surface area contributed by atoms with E-state index in [1.165, 1.54) is 75.9 Å². The summed E-state index contributed by atoms with van der Waals surface area (Å²) in [5, 5.41) is 0. The predicted octanol–water partition coefficient (Wildman–Crippen LogP) is 3.21. The van der Waals surface area contributed by atoms with E-state index in [4.69, 9.17) is 28.4 Å². The van der Waals surface area contributed by atoms with Crippen LogP contribution in [0.15, 0.2) is 0 Å². The first kappa shape index (κ1) is 34.6. The Morgan fingerprint density at radius 3 is 0.912 bits per heavy atom. The van der Waals surface area contributed by atoms with Gasteiger partial charge in [-0.25, -0.2) is 0 Å². The summed E-state index contributed by atoms with van der Waals surface area (Å²) in [5.41, 5.74) is 0. The second kappa shape index (κ2) is 26.7. The van der Waals surface area contributed by atoms with Crippen LogP contribution in [0.25, 0.3) is 0 Å². The van der Waals surface area contributed by atoms with E-state index in [9.17, 15) is 0 Å². The first-order valence-electron chi connectivity index (χ1n) is 13.8. The van der Waals surface area contributed by atoms with Crippen molar-refractivity contribution >= 4 is 37.4 Å². The minimum atomic E-state index is -0.598. The lowest BCUT2D eigenvalue weighted by molar-refractivity contribution is -0.0442. The Bertz CT molecular complexity index is 343. The lowest BCUT2D eigenvalue weighted by Crippen LogP contribution is -2.21. The second-order valence-corrected chi connectivity index (χ2v) is 18.9. The van der Waals surface area contributed by atoms with E-state index < -0.39 is 8.80 Å². The number of methoxy groups -OCH3 is 6. The zero-order valence-corrected chi connectivity index (χ0v) is 28.9. The van der Waals surface area contributed by atoms with Crippen molar-refractivity contribution in [3.63, 3.8) is 0 Å². The molecular formula is C24H58O6Si4. The summed E-state index contributed by atoms with van der Waals surface area (Å²) in [6, 6.07) is 8.69. The second-order valence-electron chi connectivity index (χ2n) is 9.54. The molecule has 0 aromatic carbocycles. The number of ether oxygens (including phenoxy) is 6. The molecule has 34 heavy (non-hydrogen) atoms. The first-order valence-corrected chi connectivity index (χ1v) is 21.7. The minimum absolute atomic E-state index is 0.111. The molecule has 6 nitrogen and oxygen atoms in total. The molecule has 10 heteroatoms. The van der Waals surface area contributed by atoms with E-state index in [0.29, 0.717) is 0 Å². The van der Waals surface area contributed by atoms with Crippen molar-refractivity contribution in [1.29, 1.82) is 0 Å². The van der Waals surface area contributed by atoms with Crippen molar-refractivity contribution in [3.05, 3.63) is 0 Å². The predicted molar refractivity (Wildman–Crippen MR) is 157 cm³/mol. The lowest BCUT2D eigenvalue weighted by atomic mass is 10.3.